The van der Waals surface area contributed by atoms with E-state index >= 15 is 0 Å². The second-order valence-electron chi connectivity index (χ2n) is 9.80. The Morgan fingerprint density at radius 3 is 2.31 bits per heavy atom. The standard InChI is InChI=1S/C24H33N3O4S/c1-24(2,3)31-23(28)26-14-11-19(12-15-26)32(29,30)27-16-9-18(10-17-27)20-8-13-25-22-7-5-4-6-21(20)22/h4-8,13,18-19H,9-12,14-17H2,1-3H3. The summed E-state index contributed by atoms with van der Waals surface area (Å²) in [6.07, 6.45) is 4.01. The topological polar surface area (TPSA) is 79.8 Å². The van der Waals surface area contributed by atoms with E-state index in [1.807, 2.05) is 45.2 Å². The predicted molar refractivity (Wildman–Crippen MR) is 125 cm³/mol. The number of hydrogen-bond acceptors (Lipinski definition) is 5. The van der Waals surface area contributed by atoms with Gasteiger partial charge in [-0.3, -0.25) is 4.98 Å². The van der Waals surface area contributed by atoms with Crippen molar-refractivity contribution >= 4 is 27.0 Å². The summed E-state index contributed by atoms with van der Waals surface area (Å²) in [5.74, 6) is 0.336. The maximum atomic E-state index is 13.3. The number of benzene rings is 1. The van der Waals surface area contributed by atoms with Crippen LogP contribution in [0, 0.1) is 0 Å². The lowest BCUT2D eigenvalue weighted by atomic mass is 9.88. The molecule has 0 bridgehead atoms. The van der Waals surface area contributed by atoms with E-state index in [2.05, 4.69) is 17.1 Å². The fraction of sp³-hybridized carbons (Fsp3) is 0.583. The molecule has 2 saturated heterocycles. The molecule has 0 spiro atoms. The second kappa shape index (κ2) is 8.98. The van der Waals surface area contributed by atoms with Gasteiger partial charge in [0.05, 0.1) is 10.8 Å². The number of fused-ring (bicyclic) bond motifs is 1. The van der Waals surface area contributed by atoms with Gasteiger partial charge in [-0.1, -0.05) is 18.2 Å². The highest BCUT2D eigenvalue weighted by molar-refractivity contribution is 7.89. The van der Waals surface area contributed by atoms with Crippen LogP contribution in [-0.4, -0.2) is 65.7 Å². The zero-order chi connectivity index (χ0) is 22.9. The Bertz CT molecular complexity index is 1060. The normalized spacial score (nSPS) is 19.9. The van der Waals surface area contributed by atoms with E-state index in [1.165, 1.54) is 5.56 Å². The summed E-state index contributed by atoms with van der Waals surface area (Å²) in [6, 6.07) is 10.2. The average molecular weight is 460 g/mol. The van der Waals surface area contributed by atoms with Gasteiger partial charge >= 0.3 is 6.09 Å². The van der Waals surface area contributed by atoms with E-state index in [9.17, 15) is 13.2 Å². The fourth-order valence-electron chi connectivity index (χ4n) is 4.77. The number of likely N-dealkylation sites (tertiary alicyclic amines) is 1. The van der Waals surface area contributed by atoms with Gasteiger partial charge in [-0.05, 0) is 70.1 Å². The van der Waals surface area contributed by atoms with Crippen LogP contribution in [0.1, 0.15) is 57.9 Å². The first-order valence-corrected chi connectivity index (χ1v) is 13.0. The van der Waals surface area contributed by atoms with Crippen LogP contribution >= 0.6 is 0 Å². The smallest absolute Gasteiger partial charge is 0.410 e. The lowest BCUT2D eigenvalue weighted by Crippen LogP contribution is -2.49. The van der Waals surface area contributed by atoms with Crippen molar-refractivity contribution in [2.75, 3.05) is 26.2 Å². The molecule has 0 radical (unpaired) electrons. The number of carbonyl (C=O) groups is 1. The Morgan fingerprint density at radius 1 is 1.00 bits per heavy atom. The minimum absolute atomic E-state index is 0.336. The molecule has 3 heterocycles. The van der Waals surface area contributed by atoms with Gasteiger partial charge in [0.1, 0.15) is 5.60 Å². The molecule has 0 saturated carbocycles. The maximum absolute atomic E-state index is 13.3. The lowest BCUT2D eigenvalue weighted by Gasteiger charge is -2.37. The van der Waals surface area contributed by atoms with Crippen LogP contribution in [0.25, 0.3) is 10.9 Å². The molecule has 1 aromatic carbocycles. The number of pyridine rings is 1. The SMILES string of the molecule is CC(C)(C)OC(=O)N1CCC(S(=O)(=O)N2CCC(c3ccnc4ccccc34)CC2)CC1. The highest BCUT2D eigenvalue weighted by Crippen LogP contribution is 2.34. The van der Waals surface area contributed by atoms with Gasteiger partial charge in [-0.15, -0.1) is 0 Å². The number of rotatable bonds is 3. The van der Waals surface area contributed by atoms with Gasteiger partial charge in [0.15, 0.2) is 0 Å². The van der Waals surface area contributed by atoms with Gasteiger partial charge in [0.2, 0.25) is 10.0 Å². The van der Waals surface area contributed by atoms with Crippen molar-refractivity contribution < 1.29 is 17.9 Å². The third-order valence-corrected chi connectivity index (χ3v) is 8.85. The maximum Gasteiger partial charge on any atom is 0.410 e. The molecular weight excluding hydrogens is 426 g/mol. The first kappa shape index (κ1) is 23.0. The van der Waals surface area contributed by atoms with E-state index in [-0.39, 0.29) is 6.09 Å². The van der Waals surface area contributed by atoms with Gasteiger partial charge in [0, 0.05) is 37.8 Å². The Morgan fingerprint density at radius 2 is 1.66 bits per heavy atom. The molecular formula is C24H33N3O4S. The van der Waals surface area contributed by atoms with Gasteiger partial charge < -0.3 is 9.64 Å². The summed E-state index contributed by atoms with van der Waals surface area (Å²) in [5.41, 5.74) is 1.69. The summed E-state index contributed by atoms with van der Waals surface area (Å²) < 4.78 is 33.7. The summed E-state index contributed by atoms with van der Waals surface area (Å²) >= 11 is 0. The van der Waals surface area contributed by atoms with Crippen molar-refractivity contribution in [3.63, 3.8) is 0 Å². The van der Waals surface area contributed by atoms with Crippen LogP contribution in [0.15, 0.2) is 36.5 Å². The molecule has 0 unspecified atom stereocenters. The molecule has 0 N–H and O–H groups in total. The largest absolute Gasteiger partial charge is 0.444 e. The third kappa shape index (κ3) is 4.91. The molecule has 2 aliphatic rings. The number of sulfonamides is 1. The average Bonchev–Trinajstić information content (AvgIpc) is 2.78. The minimum atomic E-state index is -3.38. The number of ether oxygens (including phenoxy) is 1. The molecule has 0 aliphatic carbocycles. The summed E-state index contributed by atoms with van der Waals surface area (Å²) in [6.45, 7) is 7.41. The molecule has 2 aliphatic heterocycles. The first-order valence-electron chi connectivity index (χ1n) is 11.5. The zero-order valence-corrected chi connectivity index (χ0v) is 20.0. The number of hydrogen-bond donors (Lipinski definition) is 0. The van der Waals surface area contributed by atoms with Crippen LogP contribution in [0.3, 0.4) is 0 Å². The molecule has 4 rings (SSSR count). The molecule has 2 aromatic rings. The number of amides is 1. The number of carbonyl (C=O) groups excluding carboxylic acids is 1. The Labute approximate surface area is 190 Å². The van der Waals surface area contributed by atoms with Crippen molar-refractivity contribution in [2.45, 2.75) is 63.2 Å². The van der Waals surface area contributed by atoms with E-state index < -0.39 is 20.9 Å². The van der Waals surface area contributed by atoms with E-state index in [1.54, 1.807) is 9.21 Å². The Kier molecular flexibility index (Phi) is 6.45. The first-order chi connectivity index (χ1) is 15.1. The van der Waals surface area contributed by atoms with Crippen molar-refractivity contribution in [1.29, 1.82) is 0 Å². The van der Waals surface area contributed by atoms with Crippen molar-refractivity contribution in [3.05, 3.63) is 42.1 Å². The lowest BCUT2D eigenvalue weighted by molar-refractivity contribution is 0.0216. The molecule has 1 aromatic heterocycles. The Hall–Kier alpha value is -2.19. The van der Waals surface area contributed by atoms with Crippen LogP contribution in [0.4, 0.5) is 4.79 Å². The van der Waals surface area contributed by atoms with Crippen molar-refractivity contribution in [3.8, 4) is 0 Å². The molecule has 8 heteroatoms. The van der Waals surface area contributed by atoms with Crippen molar-refractivity contribution in [2.24, 2.45) is 0 Å². The number of nitrogens with zero attached hydrogens (tertiary/aromatic N) is 3. The van der Waals surface area contributed by atoms with E-state index in [0.29, 0.717) is 44.9 Å². The molecule has 174 valence electrons. The molecule has 0 atom stereocenters. The highest BCUT2D eigenvalue weighted by Gasteiger charge is 2.38. The van der Waals surface area contributed by atoms with Gasteiger partial charge in [-0.25, -0.2) is 17.5 Å². The Balaban J connectivity index is 1.36. The van der Waals surface area contributed by atoms with E-state index in [4.69, 9.17) is 4.74 Å². The fourth-order valence-corrected chi connectivity index (χ4v) is 6.72. The summed E-state index contributed by atoms with van der Waals surface area (Å²) in [7, 11) is -3.38. The monoisotopic (exact) mass is 459 g/mol. The second-order valence-corrected chi connectivity index (χ2v) is 12.0. The zero-order valence-electron chi connectivity index (χ0n) is 19.2. The van der Waals surface area contributed by atoms with Crippen molar-refractivity contribution in [1.82, 2.24) is 14.2 Å². The van der Waals surface area contributed by atoms with Crippen LogP contribution in [-0.2, 0) is 14.8 Å². The van der Waals surface area contributed by atoms with Crippen LogP contribution < -0.4 is 0 Å². The minimum Gasteiger partial charge on any atom is -0.444 e. The molecule has 1 amide bonds. The third-order valence-electron chi connectivity index (χ3n) is 6.45. The van der Waals surface area contributed by atoms with Gasteiger partial charge in [0.25, 0.3) is 0 Å². The molecule has 7 nitrogen and oxygen atoms in total. The van der Waals surface area contributed by atoms with Crippen LogP contribution in [0.2, 0.25) is 0 Å². The number of piperidine rings is 2. The summed E-state index contributed by atoms with van der Waals surface area (Å²) in [5, 5.41) is 0.727. The molecule has 32 heavy (non-hydrogen) atoms. The molecule has 2 fully saturated rings. The predicted octanol–water partition coefficient (Wildman–Crippen LogP) is 4.14. The highest BCUT2D eigenvalue weighted by atomic mass is 32.2. The van der Waals surface area contributed by atoms with Gasteiger partial charge in [-0.2, -0.15) is 0 Å². The quantitative estimate of drug-likeness (QED) is 0.689. The number of para-hydroxylation sites is 1. The van der Waals surface area contributed by atoms with E-state index in [0.717, 1.165) is 23.7 Å². The number of aromatic nitrogens is 1. The summed E-state index contributed by atoms with van der Waals surface area (Å²) in [4.78, 5) is 18.3. The van der Waals surface area contributed by atoms with Crippen LogP contribution in [0.5, 0.6) is 0 Å².